The zero-order valence-corrected chi connectivity index (χ0v) is 7.45. The van der Waals surface area contributed by atoms with Gasteiger partial charge in [-0.3, -0.25) is 9.89 Å². The monoisotopic (exact) mass is 180 g/mol. The summed E-state index contributed by atoms with van der Waals surface area (Å²) in [5.74, 6) is -0.950. The predicted octanol–water partition coefficient (Wildman–Crippen LogP) is 1.16. The molecule has 0 fully saturated rings. The lowest BCUT2D eigenvalue weighted by Gasteiger charge is -2.24. The molecule has 1 aromatic heterocycles. The second kappa shape index (κ2) is 2.87. The van der Waals surface area contributed by atoms with E-state index in [0.29, 0.717) is 0 Å². The molecule has 4 nitrogen and oxygen atoms in total. The van der Waals surface area contributed by atoms with Gasteiger partial charge in [-0.1, -0.05) is 6.92 Å². The maximum Gasteiger partial charge on any atom is 0.312 e. The first kappa shape index (κ1) is 8.29. The molecule has 0 saturated heterocycles. The minimum absolute atomic E-state index is 0.199. The van der Waals surface area contributed by atoms with Crippen molar-refractivity contribution in [1.29, 1.82) is 0 Å². The number of rotatable bonds is 1. The van der Waals surface area contributed by atoms with Gasteiger partial charge in [0.2, 0.25) is 0 Å². The third kappa shape index (κ3) is 1.22. The van der Waals surface area contributed by atoms with E-state index >= 15 is 0 Å². The topological polar surface area (TPSA) is 66.0 Å². The van der Waals surface area contributed by atoms with Crippen molar-refractivity contribution in [2.24, 2.45) is 5.92 Å². The molecule has 1 aromatic rings. The number of aromatic nitrogens is 2. The van der Waals surface area contributed by atoms with Crippen molar-refractivity contribution >= 4 is 5.97 Å². The normalized spacial score (nSPS) is 26.8. The van der Waals surface area contributed by atoms with Gasteiger partial charge >= 0.3 is 5.97 Å². The lowest BCUT2D eigenvalue weighted by molar-refractivity contribution is -0.140. The van der Waals surface area contributed by atoms with E-state index in [4.69, 9.17) is 5.11 Å². The first-order chi connectivity index (χ1) is 6.20. The summed E-state index contributed by atoms with van der Waals surface area (Å²) < 4.78 is 0. The Morgan fingerprint density at radius 1 is 1.77 bits per heavy atom. The number of fused-ring (bicyclic) bond motifs is 1. The molecule has 2 atom stereocenters. The van der Waals surface area contributed by atoms with Crippen LogP contribution in [0.25, 0.3) is 0 Å². The highest BCUT2D eigenvalue weighted by atomic mass is 16.4. The van der Waals surface area contributed by atoms with E-state index < -0.39 is 11.9 Å². The molecule has 0 spiro atoms. The van der Waals surface area contributed by atoms with Crippen molar-refractivity contribution in [2.75, 3.05) is 0 Å². The van der Waals surface area contributed by atoms with E-state index in [1.165, 1.54) is 0 Å². The number of nitrogens with one attached hydrogen (secondary N) is 1. The van der Waals surface area contributed by atoms with Crippen LogP contribution in [-0.4, -0.2) is 21.3 Å². The van der Waals surface area contributed by atoms with Crippen LogP contribution in [0, 0.1) is 5.92 Å². The van der Waals surface area contributed by atoms with Gasteiger partial charge in [0, 0.05) is 0 Å². The number of hydrogen-bond acceptors (Lipinski definition) is 2. The summed E-state index contributed by atoms with van der Waals surface area (Å²) in [4.78, 5) is 11.0. The molecule has 4 heteroatoms. The number of H-pyrrole nitrogens is 1. The van der Waals surface area contributed by atoms with E-state index in [0.717, 1.165) is 24.1 Å². The fourth-order valence-electron chi connectivity index (χ4n) is 1.99. The number of aryl methyl sites for hydroxylation is 1. The minimum Gasteiger partial charge on any atom is -0.481 e. The summed E-state index contributed by atoms with van der Waals surface area (Å²) >= 11 is 0. The summed E-state index contributed by atoms with van der Waals surface area (Å²) in [5.41, 5.74) is 1.86. The van der Waals surface area contributed by atoms with Gasteiger partial charge < -0.3 is 5.11 Å². The molecule has 1 aliphatic rings. The Labute approximate surface area is 76.0 Å². The van der Waals surface area contributed by atoms with Gasteiger partial charge in [0.05, 0.1) is 11.9 Å². The molecule has 0 saturated carbocycles. The Morgan fingerprint density at radius 2 is 2.54 bits per heavy atom. The van der Waals surface area contributed by atoms with Gasteiger partial charge in [-0.15, -0.1) is 0 Å². The van der Waals surface area contributed by atoms with Crippen LogP contribution in [0.4, 0.5) is 0 Å². The third-order valence-corrected chi connectivity index (χ3v) is 2.77. The van der Waals surface area contributed by atoms with E-state index in [1.54, 1.807) is 6.20 Å². The van der Waals surface area contributed by atoms with Crippen LogP contribution in [0.15, 0.2) is 6.20 Å². The molecule has 2 unspecified atom stereocenters. The van der Waals surface area contributed by atoms with Crippen molar-refractivity contribution < 1.29 is 9.90 Å². The summed E-state index contributed by atoms with van der Waals surface area (Å²) in [5, 5.41) is 15.7. The Bertz CT molecular complexity index is 332. The fourth-order valence-corrected chi connectivity index (χ4v) is 1.99. The number of aliphatic carboxylic acids is 1. The first-order valence-corrected chi connectivity index (χ1v) is 4.45. The average molecular weight is 180 g/mol. The second-order valence-electron chi connectivity index (χ2n) is 3.64. The summed E-state index contributed by atoms with van der Waals surface area (Å²) in [7, 11) is 0. The Kier molecular flexibility index (Phi) is 1.83. The van der Waals surface area contributed by atoms with Crippen LogP contribution >= 0.6 is 0 Å². The summed E-state index contributed by atoms with van der Waals surface area (Å²) in [6.45, 7) is 1.97. The van der Waals surface area contributed by atoms with Gasteiger partial charge in [-0.2, -0.15) is 5.10 Å². The average Bonchev–Trinajstić information content (AvgIpc) is 2.50. The Balaban J connectivity index is 2.41. The minimum atomic E-state index is -0.752. The molecular weight excluding hydrogens is 168 g/mol. The molecule has 1 heterocycles. The van der Waals surface area contributed by atoms with Crippen LogP contribution < -0.4 is 0 Å². The van der Waals surface area contributed by atoms with Gasteiger partial charge in [0.1, 0.15) is 5.92 Å². The summed E-state index contributed by atoms with van der Waals surface area (Å²) in [6.07, 6.45) is 3.61. The number of carbonyl (C=O) groups is 1. The van der Waals surface area contributed by atoms with Gasteiger partial charge in [-0.25, -0.2) is 0 Å². The Morgan fingerprint density at radius 3 is 3.23 bits per heavy atom. The molecule has 0 bridgehead atoms. The molecule has 2 rings (SSSR count). The lowest BCUT2D eigenvalue weighted by atomic mass is 9.80. The molecule has 0 aliphatic heterocycles. The maximum atomic E-state index is 11.0. The number of carboxylic acids is 1. The highest BCUT2D eigenvalue weighted by Gasteiger charge is 2.33. The molecular formula is C9H12N2O2. The largest absolute Gasteiger partial charge is 0.481 e. The Hall–Kier alpha value is -1.32. The second-order valence-corrected chi connectivity index (χ2v) is 3.64. The van der Waals surface area contributed by atoms with E-state index in [1.807, 2.05) is 6.92 Å². The predicted molar refractivity (Wildman–Crippen MR) is 46.4 cm³/mol. The van der Waals surface area contributed by atoms with Crippen molar-refractivity contribution in [3.8, 4) is 0 Å². The van der Waals surface area contributed by atoms with Gasteiger partial charge in [0.25, 0.3) is 0 Å². The number of carboxylic acid groups (broad SMARTS) is 1. The molecule has 2 N–H and O–H groups in total. The van der Waals surface area contributed by atoms with E-state index in [-0.39, 0.29) is 5.92 Å². The number of nitrogens with zero attached hydrogens (tertiary/aromatic N) is 1. The van der Waals surface area contributed by atoms with Gasteiger partial charge in [-0.05, 0) is 24.3 Å². The van der Waals surface area contributed by atoms with Crippen LogP contribution in [0.3, 0.4) is 0 Å². The standard InChI is InChI=1S/C9H12N2O2/c1-5-2-3-6-4-10-11-8(6)7(5)9(12)13/h4-5,7H,2-3H2,1H3,(H,10,11)(H,12,13). The molecule has 0 radical (unpaired) electrons. The first-order valence-electron chi connectivity index (χ1n) is 4.45. The molecule has 70 valence electrons. The van der Waals surface area contributed by atoms with Crippen molar-refractivity contribution in [3.05, 3.63) is 17.5 Å². The van der Waals surface area contributed by atoms with Gasteiger partial charge in [0.15, 0.2) is 0 Å². The highest BCUT2D eigenvalue weighted by molar-refractivity contribution is 5.76. The van der Waals surface area contributed by atoms with E-state index in [2.05, 4.69) is 10.2 Å². The lowest BCUT2D eigenvalue weighted by Crippen LogP contribution is -2.25. The van der Waals surface area contributed by atoms with Crippen LogP contribution in [-0.2, 0) is 11.2 Å². The highest BCUT2D eigenvalue weighted by Crippen LogP contribution is 2.34. The van der Waals surface area contributed by atoms with Crippen LogP contribution in [0.1, 0.15) is 30.5 Å². The van der Waals surface area contributed by atoms with Crippen LogP contribution in [0.5, 0.6) is 0 Å². The van der Waals surface area contributed by atoms with Crippen molar-refractivity contribution in [1.82, 2.24) is 10.2 Å². The molecule has 0 aromatic carbocycles. The van der Waals surface area contributed by atoms with Crippen molar-refractivity contribution in [2.45, 2.75) is 25.7 Å². The van der Waals surface area contributed by atoms with Crippen molar-refractivity contribution in [3.63, 3.8) is 0 Å². The van der Waals surface area contributed by atoms with Crippen LogP contribution in [0.2, 0.25) is 0 Å². The quantitative estimate of drug-likeness (QED) is 0.681. The SMILES string of the molecule is CC1CCc2cn[nH]c2C1C(=O)O. The molecule has 0 amide bonds. The number of hydrogen-bond donors (Lipinski definition) is 2. The molecule has 13 heavy (non-hydrogen) atoms. The zero-order chi connectivity index (χ0) is 9.42. The number of aromatic amines is 1. The third-order valence-electron chi connectivity index (χ3n) is 2.77. The smallest absolute Gasteiger partial charge is 0.312 e. The summed E-state index contributed by atoms with van der Waals surface area (Å²) in [6, 6.07) is 0. The fraction of sp³-hybridized carbons (Fsp3) is 0.556. The zero-order valence-electron chi connectivity index (χ0n) is 7.45. The maximum absolute atomic E-state index is 11.0. The van der Waals surface area contributed by atoms with E-state index in [9.17, 15) is 4.79 Å². The molecule has 1 aliphatic carbocycles.